The summed E-state index contributed by atoms with van der Waals surface area (Å²) < 4.78 is 30.6. The molecule has 0 spiro atoms. The van der Waals surface area contributed by atoms with Gasteiger partial charge in [0.05, 0.1) is 15.1 Å². The minimum Gasteiger partial charge on any atom is -0.319 e. The third kappa shape index (κ3) is 3.53. The summed E-state index contributed by atoms with van der Waals surface area (Å²) in [6, 6.07) is 10.1. The van der Waals surface area contributed by atoms with Crippen LogP contribution in [0, 0.1) is 20.8 Å². The molecule has 158 valence electrons. The van der Waals surface area contributed by atoms with Crippen molar-refractivity contribution in [3.63, 3.8) is 0 Å². The molecule has 1 unspecified atom stereocenters. The minimum atomic E-state index is -3.74. The number of aryl methyl sites for hydroxylation is 4. The van der Waals surface area contributed by atoms with Gasteiger partial charge in [-0.2, -0.15) is 9.30 Å². The van der Waals surface area contributed by atoms with Gasteiger partial charge in [0, 0.05) is 13.6 Å². The van der Waals surface area contributed by atoms with Crippen LogP contribution in [0.1, 0.15) is 29.5 Å². The highest BCUT2D eigenvalue weighted by Gasteiger charge is 2.39. The van der Waals surface area contributed by atoms with Crippen LogP contribution in [-0.2, 0) is 21.9 Å². The summed E-state index contributed by atoms with van der Waals surface area (Å²) in [6.45, 7) is 6.31. The van der Waals surface area contributed by atoms with Crippen molar-refractivity contribution in [2.45, 2.75) is 44.6 Å². The number of carbonyl (C=O) groups excluding carboxylic acids is 1. The molecule has 0 saturated carbocycles. The van der Waals surface area contributed by atoms with Crippen LogP contribution in [-0.4, -0.2) is 35.8 Å². The number of rotatable bonds is 3. The number of aromatic nitrogens is 1. The Hall–Kier alpha value is -2.29. The maximum Gasteiger partial charge on any atom is 0.266 e. The van der Waals surface area contributed by atoms with Gasteiger partial charge in [-0.25, -0.2) is 8.42 Å². The number of nitrogens with zero attached hydrogens (tertiary/aromatic N) is 3. The molecule has 0 radical (unpaired) electrons. The van der Waals surface area contributed by atoms with Crippen LogP contribution in [0.5, 0.6) is 0 Å². The SMILES string of the molecule is Cc1ccc(S(=O)(=O)N2CCCC2C(=O)N=c2sc3c(C)ccc(C)c3n2C)cc1. The Labute approximate surface area is 180 Å². The van der Waals surface area contributed by atoms with Crippen LogP contribution in [0.4, 0.5) is 0 Å². The monoisotopic (exact) mass is 443 g/mol. The molecule has 0 N–H and O–H groups in total. The van der Waals surface area contributed by atoms with Gasteiger partial charge in [-0.3, -0.25) is 4.79 Å². The van der Waals surface area contributed by atoms with E-state index in [0.29, 0.717) is 24.2 Å². The van der Waals surface area contributed by atoms with Crippen molar-refractivity contribution in [2.75, 3.05) is 6.54 Å². The van der Waals surface area contributed by atoms with Crippen LogP contribution in [0.25, 0.3) is 10.2 Å². The summed E-state index contributed by atoms with van der Waals surface area (Å²) in [5.41, 5.74) is 4.30. The van der Waals surface area contributed by atoms with E-state index in [9.17, 15) is 13.2 Å². The Morgan fingerprint density at radius 1 is 1.07 bits per heavy atom. The van der Waals surface area contributed by atoms with Crippen LogP contribution in [0.15, 0.2) is 46.3 Å². The van der Waals surface area contributed by atoms with Gasteiger partial charge in [0.15, 0.2) is 4.80 Å². The van der Waals surface area contributed by atoms with Gasteiger partial charge in [0.2, 0.25) is 10.0 Å². The van der Waals surface area contributed by atoms with E-state index < -0.39 is 22.0 Å². The second-order valence-electron chi connectivity index (χ2n) is 7.86. The third-order valence-corrected chi connectivity index (χ3v) is 8.86. The second kappa shape index (κ2) is 7.76. The molecule has 1 fully saturated rings. The van der Waals surface area contributed by atoms with Crippen molar-refractivity contribution in [2.24, 2.45) is 12.0 Å². The lowest BCUT2D eigenvalue weighted by molar-refractivity contribution is -0.121. The van der Waals surface area contributed by atoms with Gasteiger partial charge in [0.1, 0.15) is 6.04 Å². The molecule has 1 aliphatic heterocycles. The summed E-state index contributed by atoms with van der Waals surface area (Å²) in [4.78, 5) is 18.2. The molecule has 1 aromatic heterocycles. The normalized spacial score (nSPS) is 18.4. The summed E-state index contributed by atoms with van der Waals surface area (Å²) in [5, 5.41) is 0. The lowest BCUT2D eigenvalue weighted by Crippen LogP contribution is -2.40. The molecular formula is C22H25N3O3S2. The Kier molecular flexibility index (Phi) is 5.42. The number of amides is 1. The van der Waals surface area contributed by atoms with Gasteiger partial charge >= 0.3 is 0 Å². The average Bonchev–Trinajstić information content (AvgIpc) is 3.32. The molecule has 30 heavy (non-hydrogen) atoms. The average molecular weight is 444 g/mol. The second-order valence-corrected chi connectivity index (χ2v) is 10.7. The van der Waals surface area contributed by atoms with Crippen molar-refractivity contribution < 1.29 is 13.2 Å². The highest BCUT2D eigenvalue weighted by Crippen LogP contribution is 2.28. The van der Waals surface area contributed by atoms with Crippen molar-refractivity contribution >= 4 is 37.5 Å². The van der Waals surface area contributed by atoms with Crippen molar-refractivity contribution in [1.82, 2.24) is 8.87 Å². The van der Waals surface area contributed by atoms with E-state index in [1.807, 2.05) is 32.4 Å². The number of thiazole rings is 1. The zero-order valence-electron chi connectivity index (χ0n) is 17.5. The Balaban J connectivity index is 1.72. The van der Waals surface area contributed by atoms with Gasteiger partial charge in [0.25, 0.3) is 5.91 Å². The molecule has 2 aromatic carbocycles. The summed E-state index contributed by atoms with van der Waals surface area (Å²) in [7, 11) is -1.85. The van der Waals surface area contributed by atoms with E-state index in [1.54, 1.807) is 24.3 Å². The number of carbonyl (C=O) groups is 1. The van der Waals surface area contributed by atoms with Gasteiger partial charge in [-0.15, -0.1) is 0 Å². The molecule has 6 nitrogen and oxygen atoms in total. The lowest BCUT2D eigenvalue weighted by Gasteiger charge is -2.21. The largest absolute Gasteiger partial charge is 0.319 e. The first-order valence-corrected chi connectivity index (χ1v) is 12.2. The number of sulfonamides is 1. The van der Waals surface area contributed by atoms with Crippen LogP contribution >= 0.6 is 11.3 Å². The lowest BCUT2D eigenvalue weighted by atomic mass is 10.1. The highest BCUT2D eigenvalue weighted by atomic mass is 32.2. The smallest absolute Gasteiger partial charge is 0.266 e. The zero-order chi connectivity index (χ0) is 21.6. The van der Waals surface area contributed by atoms with E-state index in [4.69, 9.17) is 0 Å². The Bertz CT molecular complexity index is 1300. The van der Waals surface area contributed by atoms with E-state index in [0.717, 1.165) is 26.9 Å². The van der Waals surface area contributed by atoms with E-state index >= 15 is 0 Å². The standard InChI is InChI=1S/C22H25N3O3S2/c1-14-7-11-17(12-8-14)30(27,28)25-13-5-6-18(25)21(26)23-22-24(4)19-15(2)9-10-16(3)20(19)29-22/h7-12,18H,5-6,13H2,1-4H3. The molecule has 1 atom stereocenters. The molecular weight excluding hydrogens is 418 g/mol. The number of fused-ring (bicyclic) bond motifs is 1. The topological polar surface area (TPSA) is 71.7 Å². The maximum absolute atomic E-state index is 13.1. The molecule has 4 rings (SSSR count). The van der Waals surface area contributed by atoms with Gasteiger partial charge in [-0.1, -0.05) is 41.2 Å². The minimum absolute atomic E-state index is 0.214. The van der Waals surface area contributed by atoms with Gasteiger partial charge < -0.3 is 4.57 Å². The molecule has 1 aliphatic rings. The fraction of sp³-hybridized carbons (Fsp3) is 0.364. The Morgan fingerprint density at radius 2 is 1.73 bits per heavy atom. The summed E-state index contributed by atoms with van der Waals surface area (Å²) in [5.74, 6) is -0.402. The number of benzene rings is 2. The molecule has 1 amide bonds. The van der Waals surface area contributed by atoms with Gasteiger partial charge in [-0.05, 0) is 56.9 Å². The fourth-order valence-corrected chi connectivity index (χ4v) is 6.78. The van der Waals surface area contributed by atoms with Crippen LogP contribution in [0.3, 0.4) is 0 Å². The van der Waals surface area contributed by atoms with E-state index in [2.05, 4.69) is 17.1 Å². The van der Waals surface area contributed by atoms with Crippen LogP contribution < -0.4 is 4.80 Å². The number of hydrogen-bond donors (Lipinski definition) is 0. The summed E-state index contributed by atoms with van der Waals surface area (Å²) >= 11 is 1.47. The molecule has 2 heterocycles. The molecule has 0 aliphatic carbocycles. The first-order chi connectivity index (χ1) is 14.2. The number of hydrogen-bond acceptors (Lipinski definition) is 4. The molecule has 0 bridgehead atoms. The first-order valence-electron chi connectivity index (χ1n) is 9.93. The molecule has 1 saturated heterocycles. The fourth-order valence-electron chi connectivity index (χ4n) is 3.96. The maximum atomic E-state index is 13.1. The quantitative estimate of drug-likeness (QED) is 0.622. The highest BCUT2D eigenvalue weighted by molar-refractivity contribution is 7.89. The Morgan fingerprint density at radius 3 is 2.40 bits per heavy atom. The molecule has 8 heteroatoms. The summed E-state index contributed by atoms with van der Waals surface area (Å²) in [6.07, 6.45) is 1.13. The van der Waals surface area contributed by atoms with E-state index in [1.165, 1.54) is 15.6 Å². The van der Waals surface area contributed by atoms with Crippen molar-refractivity contribution in [1.29, 1.82) is 0 Å². The predicted octanol–water partition coefficient (Wildman–Crippen LogP) is 3.45. The zero-order valence-corrected chi connectivity index (χ0v) is 19.2. The first kappa shape index (κ1) is 21.0. The van der Waals surface area contributed by atoms with Crippen molar-refractivity contribution in [3.05, 3.63) is 57.9 Å². The van der Waals surface area contributed by atoms with Crippen molar-refractivity contribution in [3.8, 4) is 0 Å². The van der Waals surface area contributed by atoms with Crippen LogP contribution in [0.2, 0.25) is 0 Å². The third-order valence-electron chi connectivity index (χ3n) is 5.67. The molecule has 3 aromatic rings. The van der Waals surface area contributed by atoms with E-state index in [-0.39, 0.29) is 4.90 Å². The predicted molar refractivity (Wildman–Crippen MR) is 119 cm³/mol.